The number of halogens is 2. The van der Waals surface area contributed by atoms with Gasteiger partial charge in [0.2, 0.25) is 0 Å². The normalized spacial score (nSPS) is 21.4. The van der Waals surface area contributed by atoms with Crippen LogP contribution < -0.4 is 5.32 Å². The third-order valence-corrected chi connectivity index (χ3v) is 7.93. The molecule has 4 heterocycles. The number of nitrogens with one attached hydrogen (secondary N) is 1. The van der Waals surface area contributed by atoms with Crippen molar-refractivity contribution < 1.29 is 23.4 Å². The maximum absolute atomic E-state index is 15.2. The van der Waals surface area contributed by atoms with E-state index >= 15 is 8.78 Å². The molecule has 1 aromatic carbocycles. The summed E-state index contributed by atoms with van der Waals surface area (Å²) >= 11 is 0. The Bertz CT molecular complexity index is 1080. The van der Waals surface area contributed by atoms with E-state index in [0.29, 0.717) is 51.0 Å². The minimum absolute atomic E-state index is 0.0948. The minimum atomic E-state index is -2.82. The first-order chi connectivity index (χ1) is 17.4. The number of aliphatic carboxylic acids is 1. The number of aryl methyl sites for hydroxylation is 2. The Morgan fingerprint density at radius 3 is 2.83 bits per heavy atom. The van der Waals surface area contributed by atoms with Crippen molar-refractivity contribution in [3.63, 3.8) is 0 Å². The molecule has 2 fully saturated rings. The van der Waals surface area contributed by atoms with E-state index in [1.54, 1.807) is 4.90 Å². The zero-order valence-corrected chi connectivity index (χ0v) is 20.6. The van der Waals surface area contributed by atoms with Gasteiger partial charge in [-0.2, -0.15) is 0 Å². The molecular weight excluding hydrogens is 464 g/mol. The molecule has 2 aromatic rings. The van der Waals surface area contributed by atoms with Crippen LogP contribution >= 0.6 is 0 Å². The molecule has 0 saturated carbocycles. The molecule has 3 aliphatic rings. The van der Waals surface area contributed by atoms with Gasteiger partial charge < -0.3 is 15.2 Å². The topological polar surface area (TPSA) is 74.7 Å². The summed E-state index contributed by atoms with van der Waals surface area (Å²) in [6.07, 6.45) is 4.03. The van der Waals surface area contributed by atoms with Gasteiger partial charge in [0.1, 0.15) is 11.9 Å². The fourth-order valence-corrected chi connectivity index (χ4v) is 5.78. The third-order valence-electron chi connectivity index (χ3n) is 7.93. The lowest BCUT2D eigenvalue weighted by molar-refractivity contribution is -0.143. The Morgan fingerprint density at radius 2 is 2.06 bits per heavy atom. The Kier molecular flexibility index (Phi) is 7.53. The minimum Gasteiger partial charge on any atom is -0.480 e. The maximum Gasteiger partial charge on any atom is 0.325 e. The molecule has 0 spiro atoms. The highest BCUT2D eigenvalue weighted by Crippen LogP contribution is 2.41. The standard InChI is InChI=1S/C28H35F2N3O3/c29-28(30,13-4-3-7-22-11-10-19-6-5-14-31-26(19)32-22)21-12-15-33(16-21)25(27(34)35)24-9-2-1-8-23(24)20-17-36-18-20/h1-2,8-11,20-21,25H,3-7,12-18H2,(H,31,32)(H,34,35)/t21?,25-/m1/s1. The van der Waals surface area contributed by atoms with Crippen LogP contribution in [0.15, 0.2) is 36.4 Å². The van der Waals surface area contributed by atoms with Gasteiger partial charge >= 0.3 is 5.97 Å². The number of unbranched alkanes of at least 4 members (excludes halogenated alkanes) is 1. The molecule has 1 unspecified atom stereocenters. The molecule has 3 aliphatic heterocycles. The molecule has 6 nitrogen and oxygen atoms in total. The summed E-state index contributed by atoms with van der Waals surface area (Å²) in [5.41, 5.74) is 3.83. The summed E-state index contributed by atoms with van der Waals surface area (Å²) in [6, 6.07) is 10.7. The van der Waals surface area contributed by atoms with Gasteiger partial charge in [0.25, 0.3) is 5.92 Å². The van der Waals surface area contributed by atoms with E-state index in [1.807, 2.05) is 30.3 Å². The fourth-order valence-electron chi connectivity index (χ4n) is 5.78. The summed E-state index contributed by atoms with van der Waals surface area (Å²) in [7, 11) is 0. The van der Waals surface area contributed by atoms with Crippen molar-refractivity contribution >= 4 is 11.8 Å². The van der Waals surface area contributed by atoms with E-state index in [1.165, 1.54) is 5.56 Å². The van der Waals surface area contributed by atoms with Gasteiger partial charge in [0.05, 0.1) is 13.2 Å². The average molecular weight is 500 g/mol. The number of hydrogen-bond donors (Lipinski definition) is 2. The number of carboxylic acids is 1. The van der Waals surface area contributed by atoms with Crippen LogP contribution in [-0.2, 0) is 22.4 Å². The second-order valence-corrected chi connectivity index (χ2v) is 10.4. The molecule has 5 rings (SSSR count). The molecule has 0 bridgehead atoms. The van der Waals surface area contributed by atoms with Crippen molar-refractivity contribution in [1.29, 1.82) is 0 Å². The van der Waals surface area contributed by atoms with Crippen LogP contribution in [0.4, 0.5) is 14.6 Å². The van der Waals surface area contributed by atoms with E-state index < -0.39 is 23.9 Å². The Labute approximate surface area is 211 Å². The van der Waals surface area contributed by atoms with E-state index in [2.05, 4.69) is 16.4 Å². The smallest absolute Gasteiger partial charge is 0.325 e. The molecule has 2 atom stereocenters. The number of carboxylic acid groups (broad SMARTS) is 1. The lowest BCUT2D eigenvalue weighted by Gasteiger charge is -2.32. The van der Waals surface area contributed by atoms with Crippen molar-refractivity contribution in [3.05, 3.63) is 58.8 Å². The molecule has 0 aliphatic carbocycles. The first-order valence-electron chi connectivity index (χ1n) is 13.2. The summed E-state index contributed by atoms with van der Waals surface area (Å²) < 4.78 is 35.7. The third kappa shape index (κ3) is 5.39. The second-order valence-electron chi connectivity index (χ2n) is 10.4. The lowest BCUT2D eigenvalue weighted by Crippen LogP contribution is -2.37. The lowest BCUT2D eigenvalue weighted by atomic mass is 9.89. The Balaban J connectivity index is 1.16. The molecule has 2 saturated heterocycles. The van der Waals surface area contributed by atoms with Gasteiger partial charge in [0, 0.05) is 37.0 Å². The maximum atomic E-state index is 15.2. The van der Waals surface area contributed by atoms with E-state index in [4.69, 9.17) is 4.74 Å². The summed E-state index contributed by atoms with van der Waals surface area (Å²) in [5.74, 6) is -3.52. The molecule has 1 aromatic heterocycles. The SMILES string of the molecule is O=C(O)[C@@H](c1ccccc1C1COC1)N1CCC(C(F)(F)CCCCc2ccc3c(n2)NCCC3)C1. The van der Waals surface area contributed by atoms with Crippen LogP contribution in [0, 0.1) is 5.92 Å². The highest BCUT2D eigenvalue weighted by molar-refractivity contribution is 5.76. The number of aromatic nitrogens is 1. The quantitative estimate of drug-likeness (QED) is 0.446. The fraction of sp³-hybridized carbons (Fsp3) is 0.571. The van der Waals surface area contributed by atoms with Gasteiger partial charge in [-0.25, -0.2) is 13.8 Å². The van der Waals surface area contributed by atoms with Gasteiger partial charge in [-0.1, -0.05) is 30.3 Å². The van der Waals surface area contributed by atoms with Crippen molar-refractivity contribution in [3.8, 4) is 0 Å². The molecule has 2 N–H and O–H groups in total. The number of ether oxygens (including phenoxy) is 1. The number of fused-ring (bicyclic) bond motifs is 1. The first kappa shape index (κ1) is 25.1. The van der Waals surface area contributed by atoms with Gasteiger partial charge in [-0.05, 0) is 67.8 Å². The Morgan fingerprint density at radius 1 is 1.22 bits per heavy atom. The number of benzene rings is 1. The number of hydrogen-bond acceptors (Lipinski definition) is 5. The van der Waals surface area contributed by atoms with Crippen LogP contribution in [0.1, 0.15) is 66.4 Å². The summed E-state index contributed by atoms with van der Waals surface area (Å²) in [5, 5.41) is 13.4. The number of nitrogens with zero attached hydrogens (tertiary/aromatic N) is 2. The molecule has 8 heteroatoms. The molecule has 0 amide bonds. The van der Waals surface area contributed by atoms with Gasteiger partial charge in [-0.15, -0.1) is 0 Å². The van der Waals surface area contributed by atoms with Crippen molar-refractivity contribution in [1.82, 2.24) is 9.88 Å². The van der Waals surface area contributed by atoms with Crippen LogP contribution in [0.3, 0.4) is 0 Å². The summed E-state index contributed by atoms with van der Waals surface area (Å²) in [4.78, 5) is 18.7. The molecule has 36 heavy (non-hydrogen) atoms. The number of alkyl halides is 2. The van der Waals surface area contributed by atoms with Crippen LogP contribution in [0.2, 0.25) is 0 Å². The van der Waals surface area contributed by atoms with Crippen molar-refractivity contribution in [2.24, 2.45) is 5.92 Å². The van der Waals surface area contributed by atoms with Crippen LogP contribution in [0.25, 0.3) is 0 Å². The monoisotopic (exact) mass is 499 g/mol. The molecule has 194 valence electrons. The largest absolute Gasteiger partial charge is 0.480 e. The second kappa shape index (κ2) is 10.8. The highest BCUT2D eigenvalue weighted by atomic mass is 19.3. The van der Waals surface area contributed by atoms with Gasteiger partial charge in [0.15, 0.2) is 0 Å². The number of rotatable bonds is 10. The van der Waals surface area contributed by atoms with E-state index in [-0.39, 0.29) is 18.9 Å². The molecule has 0 radical (unpaired) electrons. The first-order valence-corrected chi connectivity index (χ1v) is 13.2. The average Bonchev–Trinajstić information content (AvgIpc) is 3.32. The zero-order chi connectivity index (χ0) is 25.1. The van der Waals surface area contributed by atoms with E-state index in [9.17, 15) is 9.90 Å². The Hall–Kier alpha value is -2.58. The van der Waals surface area contributed by atoms with Crippen molar-refractivity contribution in [2.45, 2.75) is 62.8 Å². The predicted molar refractivity (Wildman–Crippen MR) is 134 cm³/mol. The van der Waals surface area contributed by atoms with Gasteiger partial charge in [-0.3, -0.25) is 9.69 Å². The number of anilines is 1. The van der Waals surface area contributed by atoms with Crippen LogP contribution in [0.5, 0.6) is 0 Å². The number of pyridine rings is 1. The van der Waals surface area contributed by atoms with Crippen LogP contribution in [-0.4, -0.2) is 59.7 Å². The predicted octanol–water partition coefficient (Wildman–Crippen LogP) is 5.05. The summed E-state index contributed by atoms with van der Waals surface area (Å²) in [6.45, 7) is 2.52. The van der Waals surface area contributed by atoms with Crippen molar-refractivity contribution in [2.75, 3.05) is 38.2 Å². The number of carbonyl (C=O) groups is 1. The zero-order valence-electron chi connectivity index (χ0n) is 20.6. The number of likely N-dealkylation sites (tertiary alicyclic amines) is 1. The molecular formula is C28H35F2N3O3. The van der Waals surface area contributed by atoms with E-state index in [0.717, 1.165) is 36.5 Å². The highest BCUT2D eigenvalue weighted by Gasteiger charge is 2.46.